The minimum absolute atomic E-state index is 0.612. The van der Waals surface area contributed by atoms with Crippen LogP contribution >= 0.6 is 15.9 Å². The molecule has 1 fully saturated rings. The van der Waals surface area contributed by atoms with Crippen molar-refractivity contribution in [2.24, 2.45) is 0 Å². The number of hydrogen-bond donors (Lipinski definition) is 0. The van der Waals surface area contributed by atoms with Crippen molar-refractivity contribution in [1.29, 1.82) is 0 Å². The van der Waals surface area contributed by atoms with E-state index in [0.29, 0.717) is 11.9 Å². The van der Waals surface area contributed by atoms with E-state index >= 15 is 0 Å². The predicted octanol–water partition coefficient (Wildman–Crippen LogP) is 2.94. The molecule has 0 radical (unpaired) electrons. The van der Waals surface area contributed by atoms with Crippen LogP contribution in [-0.4, -0.2) is 35.0 Å². The number of alkyl halides is 1. The predicted molar refractivity (Wildman–Crippen MR) is 76.7 cm³/mol. The highest BCUT2D eigenvalue weighted by Gasteiger charge is 2.27. The summed E-state index contributed by atoms with van der Waals surface area (Å²) in [7, 11) is 1.66. The normalized spacial score (nSPS) is 19.3. The molecule has 18 heavy (non-hydrogen) atoms. The molecule has 1 saturated heterocycles. The average molecular weight is 314 g/mol. The van der Waals surface area contributed by atoms with Gasteiger partial charge in [0.05, 0.1) is 12.7 Å². The lowest BCUT2D eigenvalue weighted by molar-refractivity contribution is 0.393. The minimum atomic E-state index is 0.612. The third-order valence-corrected chi connectivity index (χ3v) is 4.09. The van der Waals surface area contributed by atoms with Gasteiger partial charge in [-0.15, -0.1) is 0 Å². The summed E-state index contributed by atoms with van der Waals surface area (Å²) in [5, 5.41) is 1.07. The fraction of sp³-hybridized carbons (Fsp3) is 0.692. The number of rotatable bonds is 5. The van der Waals surface area contributed by atoms with E-state index in [1.54, 1.807) is 13.4 Å². The van der Waals surface area contributed by atoms with Gasteiger partial charge in [-0.05, 0) is 32.6 Å². The van der Waals surface area contributed by atoms with Crippen molar-refractivity contribution in [3.05, 3.63) is 11.9 Å². The molecular formula is C13H20BrN3O. The Kier molecular flexibility index (Phi) is 4.80. The van der Waals surface area contributed by atoms with E-state index in [-0.39, 0.29) is 0 Å². The Hall–Kier alpha value is -0.840. The van der Waals surface area contributed by atoms with E-state index in [2.05, 4.69) is 30.8 Å². The van der Waals surface area contributed by atoms with Crippen LogP contribution in [0, 0.1) is 6.92 Å². The summed E-state index contributed by atoms with van der Waals surface area (Å²) in [6, 6.07) is 0.612. The van der Waals surface area contributed by atoms with Gasteiger partial charge >= 0.3 is 0 Å². The summed E-state index contributed by atoms with van der Waals surface area (Å²) < 4.78 is 5.28. The molecule has 0 bridgehead atoms. The van der Waals surface area contributed by atoms with E-state index in [1.165, 1.54) is 25.7 Å². The van der Waals surface area contributed by atoms with E-state index in [0.717, 1.165) is 23.3 Å². The van der Waals surface area contributed by atoms with Gasteiger partial charge in [0.2, 0.25) is 5.88 Å². The monoisotopic (exact) mass is 313 g/mol. The largest absolute Gasteiger partial charge is 0.481 e. The molecule has 2 heterocycles. The zero-order valence-corrected chi connectivity index (χ0v) is 12.6. The standard InChI is InChI=1S/C13H20BrN3O/c1-10-12(15-9-16-13(10)18-2)17-8-4-6-11(17)5-3-7-14/h9,11H,3-8H2,1-2H3. The van der Waals surface area contributed by atoms with Crippen LogP contribution in [0.3, 0.4) is 0 Å². The Morgan fingerprint density at radius 2 is 2.33 bits per heavy atom. The minimum Gasteiger partial charge on any atom is -0.481 e. The van der Waals surface area contributed by atoms with Crippen LogP contribution in [0.15, 0.2) is 6.33 Å². The average Bonchev–Trinajstić information content (AvgIpc) is 2.84. The van der Waals surface area contributed by atoms with Crippen LogP contribution in [-0.2, 0) is 0 Å². The molecule has 1 unspecified atom stereocenters. The van der Waals surface area contributed by atoms with Gasteiger partial charge in [0.1, 0.15) is 12.1 Å². The molecule has 1 aromatic heterocycles. The number of nitrogens with zero attached hydrogens (tertiary/aromatic N) is 3. The topological polar surface area (TPSA) is 38.3 Å². The second-order valence-electron chi connectivity index (χ2n) is 4.65. The van der Waals surface area contributed by atoms with Crippen molar-refractivity contribution in [2.75, 3.05) is 23.9 Å². The molecule has 2 rings (SSSR count). The summed E-state index contributed by atoms with van der Waals surface area (Å²) in [6.45, 7) is 3.13. The third kappa shape index (κ3) is 2.76. The van der Waals surface area contributed by atoms with Crippen molar-refractivity contribution in [3.8, 4) is 5.88 Å². The highest BCUT2D eigenvalue weighted by Crippen LogP contribution is 2.31. The van der Waals surface area contributed by atoms with Gasteiger partial charge in [-0.25, -0.2) is 9.97 Å². The maximum absolute atomic E-state index is 5.28. The highest BCUT2D eigenvalue weighted by molar-refractivity contribution is 9.09. The highest BCUT2D eigenvalue weighted by atomic mass is 79.9. The SMILES string of the molecule is COc1ncnc(N2CCCC2CCCBr)c1C. The first-order chi connectivity index (χ1) is 8.77. The van der Waals surface area contributed by atoms with Crippen LogP contribution in [0.2, 0.25) is 0 Å². The molecule has 0 amide bonds. The van der Waals surface area contributed by atoms with E-state index in [4.69, 9.17) is 4.74 Å². The van der Waals surface area contributed by atoms with Crippen LogP contribution < -0.4 is 9.64 Å². The molecule has 0 aliphatic carbocycles. The van der Waals surface area contributed by atoms with Gasteiger partial charge in [-0.2, -0.15) is 0 Å². The fourth-order valence-electron chi connectivity index (χ4n) is 2.65. The number of methoxy groups -OCH3 is 1. The Balaban J connectivity index is 2.19. The van der Waals surface area contributed by atoms with Gasteiger partial charge in [-0.1, -0.05) is 15.9 Å². The maximum Gasteiger partial charge on any atom is 0.221 e. The quantitative estimate of drug-likeness (QED) is 0.783. The molecule has 0 saturated carbocycles. The maximum atomic E-state index is 5.28. The fourth-order valence-corrected chi connectivity index (χ4v) is 2.97. The van der Waals surface area contributed by atoms with E-state index in [1.807, 2.05) is 6.92 Å². The molecule has 100 valence electrons. The van der Waals surface area contributed by atoms with E-state index in [9.17, 15) is 0 Å². The first kappa shape index (κ1) is 13.6. The van der Waals surface area contributed by atoms with Crippen molar-refractivity contribution in [1.82, 2.24) is 9.97 Å². The summed E-state index contributed by atoms with van der Waals surface area (Å²) >= 11 is 3.51. The number of ether oxygens (including phenoxy) is 1. The zero-order valence-electron chi connectivity index (χ0n) is 11.0. The smallest absolute Gasteiger partial charge is 0.221 e. The molecule has 5 heteroatoms. The number of aromatic nitrogens is 2. The Bertz CT molecular complexity index is 400. The molecule has 1 aliphatic heterocycles. The third-order valence-electron chi connectivity index (χ3n) is 3.52. The second kappa shape index (κ2) is 6.36. The zero-order chi connectivity index (χ0) is 13.0. The van der Waals surface area contributed by atoms with Crippen molar-refractivity contribution in [3.63, 3.8) is 0 Å². The van der Waals surface area contributed by atoms with Crippen molar-refractivity contribution in [2.45, 2.75) is 38.6 Å². The van der Waals surface area contributed by atoms with Crippen LogP contribution in [0.1, 0.15) is 31.2 Å². The lowest BCUT2D eigenvalue weighted by Crippen LogP contribution is -2.30. The van der Waals surface area contributed by atoms with Crippen LogP contribution in [0.5, 0.6) is 5.88 Å². The van der Waals surface area contributed by atoms with Crippen molar-refractivity contribution < 1.29 is 4.74 Å². The lowest BCUT2D eigenvalue weighted by Gasteiger charge is -2.27. The Morgan fingerprint density at radius 1 is 1.50 bits per heavy atom. The number of anilines is 1. The lowest BCUT2D eigenvalue weighted by atomic mass is 10.1. The summed E-state index contributed by atoms with van der Waals surface area (Å²) in [5.41, 5.74) is 1.05. The van der Waals surface area contributed by atoms with Gasteiger partial charge in [-0.3, -0.25) is 0 Å². The number of halogens is 1. The summed E-state index contributed by atoms with van der Waals surface area (Å²) in [4.78, 5) is 11.0. The Morgan fingerprint density at radius 3 is 3.06 bits per heavy atom. The first-order valence-corrected chi connectivity index (χ1v) is 7.58. The number of hydrogen-bond acceptors (Lipinski definition) is 4. The van der Waals surface area contributed by atoms with Crippen molar-refractivity contribution >= 4 is 21.7 Å². The molecule has 4 nitrogen and oxygen atoms in total. The second-order valence-corrected chi connectivity index (χ2v) is 5.45. The summed E-state index contributed by atoms with van der Waals surface area (Å²) in [5.74, 6) is 1.73. The van der Waals surface area contributed by atoms with Gasteiger partial charge in [0.15, 0.2) is 0 Å². The Labute approximate surface area is 117 Å². The van der Waals surface area contributed by atoms with Crippen LogP contribution in [0.4, 0.5) is 5.82 Å². The summed E-state index contributed by atoms with van der Waals surface area (Å²) in [6.07, 6.45) is 6.54. The molecule has 0 aromatic carbocycles. The van der Waals surface area contributed by atoms with Gasteiger partial charge < -0.3 is 9.64 Å². The molecule has 1 aliphatic rings. The first-order valence-electron chi connectivity index (χ1n) is 6.46. The molecule has 0 spiro atoms. The molecule has 1 atom stereocenters. The molecule has 0 N–H and O–H groups in total. The van der Waals surface area contributed by atoms with E-state index < -0.39 is 0 Å². The van der Waals surface area contributed by atoms with Gasteiger partial charge in [0, 0.05) is 17.9 Å². The van der Waals surface area contributed by atoms with Gasteiger partial charge in [0.25, 0.3) is 0 Å². The van der Waals surface area contributed by atoms with Crippen LogP contribution in [0.25, 0.3) is 0 Å². The molecule has 1 aromatic rings. The molecular weight excluding hydrogens is 294 g/mol.